The second-order valence-corrected chi connectivity index (χ2v) is 10.6. The van der Waals surface area contributed by atoms with Crippen LogP contribution >= 0.6 is 11.3 Å². The Hall–Kier alpha value is -2.91. The third kappa shape index (κ3) is 6.07. The molecule has 0 unspecified atom stereocenters. The second-order valence-electron chi connectivity index (χ2n) is 9.60. The lowest BCUT2D eigenvalue weighted by molar-refractivity contribution is -0.139. The Morgan fingerprint density at radius 2 is 1.97 bits per heavy atom. The van der Waals surface area contributed by atoms with Gasteiger partial charge in [0.05, 0.1) is 24.2 Å². The number of aromatic nitrogens is 1. The van der Waals surface area contributed by atoms with Crippen LogP contribution in [-0.4, -0.2) is 40.3 Å². The minimum atomic E-state index is -4.48. The number of rotatable bonds is 9. The van der Waals surface area contributed by atoms with Crippen LogP contribution in [0.25, 0.3) is 0 Å². The van der Waals surface area contributed by atoms with Crippen molar-refractivity contribution in [2.45, 2.75) is 45.1 Å². The van der Waals surface area contributed by atoms with E-state index >= 15 is 0 Å². The number of hydrogen-bond acceptors (Lipinski definition) is 5. The van der Waals surface area contributed by atoms with E-state index in [9.17, 15) is 18.0 Å². The number of amides is 1. The highest BCUT2D eigenvalue weighted by atomic mass is 32.1. The topological polar surface area (TPSA) is 48.5 Å². The van der Waals surface area contributed by atoms with Gasteiger partial charge >= 0.3 is 6.18 Å². The maximum Gasteiger partial charge on any atom is 0.416 e. The summed E-state index contributed by atoms with van der Waals surface area (Å²) in [5, 5.41) is 3.29. The van der Waals surface area contributed by atoms with Crippen molar-refractivity contribution in [3.05, 3.63) is 81.3 Å². The van der Waals surface area contributed by atoms with E-state index in [-0.39, 0.29) is 31.1 Å². The molecule has 2 aromatic carbocycles. The molecule has 1 aromatic heterocycles. The Labute approximate surface area is 213 Å². The van der Waals surface area contributed by atoms with Crippen molar-refractivity contribution in [2.75, 3.05) is 25.0 Å². The first-order valence-corrected chi connectivity index (χ1v) is 13.1. The van der Waals surface area contributed by atoms with Crippen LogP contribution in [0.3, 0.4) is 0 Å². The van der Waals surface area contributed by atoms with Crippen LogP contribution in [0.5, 0.6) is 0 Å². The third-order valence-corrected chi connectivity index (χ3v) is 7.62. The Morgan fingerprint density at radius 3 is 2.72 bits per heavy atom. The minimum Gasteiger partial charge on any atom is -0.376 e. The predicted molar refractivity (Wildman–Crippen MR) is 134 cm³/mol. The molecule has 0 saturated heterocycles. The third-order valence-electron chi connectivity index (χ3n) is 6.86. The van der Waals surface area contributed by atoms with Gasteiger partial charge in [0.25, 0.3) is 0 Å². The quantitative estimate of drug-likeness (QED) is 0.406. The standard InChI is InChI=1S/C27H29F3N4OS/c28-27(29,30)24-6-2-1-4-21(24)16-34(17-22-12-31-18-36-22)26(35)13-32-25-7-3-5-20-15-33(11-10-23(20)25)14-19-8-9-19/h1-7,12,18-19,32H,8-11,13-17H2. The van der Waals surface area contributed by atoms with E-state index in [1.165, 1.54) is 52.3 Å². The van der Waals surface area contributed by atoms with E-state index < -0.39 is 11.7 Å². The molecule has 3 aromatic rings. The Morgan fingerprint density at radius 1 is 1.14 bits per heavy atom. The summed E-state index contributed by atoms with van der Waals surface area (Å²) in [4.78, 5) is 22.2. The van der Waals surface area contributed by atoms with E-state index in [0.717, 1.165) is 48.6 Å². The fourth-order valence-corrected chi connectivity index (χ4v) is 5.43. The minimum absolute atomic E-state index is 0.00916. The molecule has 1 amide bonds. The van der Waals surface area contributed by atoms with Crippen molar-refractivity contribution in [2.24, 2.45) is 5.92 Å². The second kappa shape index (κ2) is 10.6. The van der Waals surface area contributed by atoms with Gasteiger partial charge in [-0.25, -0.2) is 0 Å². The highest BCUT2D eigenvalue weighted by Crippen LogP contribution is 2.34. The molecule has 1 aliphatic heterocycles. The highest BCUT2D eigenvalue weighted by molar-refractivity contribution is 7.09. The average molecular weight is 515 g/mol. The van der Waals surface area contributed by atoms with Gasteiger partial charge < -0.3 is 10.2 Å². The van der Waals surface area contributed by atoms with Crippen molar-refractivity contribution >= 4 is 22.9 Å². The molecule has 0 radical (unpaired) electrons. The molecule has 0 spiro atoms. The van der Waals surface area contributed by atoms with Gasteiger partial charge in [0.2, 0.25) is 5.91 Å². The number of carbonyl (C=O) groups is 1. The lowest BCUT2D eigenvalue weighted by atomic mass is 9.97. The molecule has 190 valence electrons. The van der Waals surface area contributed by atoms with Crippen molar-refractivity contribution in [3.8, 4) is 0 Å². The Kier molecular flexibility index (Phi) is 7.29. The lowest BCUT2D eigenvalue weighted by Crippen LogP contribution is -2.36. The number of benzene rings is 2. The maximum atomic E-state index is 13.6. The van der Waals surface area contributed by atoms with Crippen LogP contribution in [0.4, 0.5) is 18.9 Å². The summed E-state index contributed by atoms with van der Waals surface area (Å²) < 4.78 is 40.7. The molecule has 9 heteroatoms. The molecule has 1 fully saturated rings. The van der Waals surface area contributed by atoms with Gasteiger partial charge in [-0.05, 0) is 54.0 Å². The zero-order valence-corrected chi connectivity index (χ0v) is 20.7. The van der Waals surface area contributed by atoms with Crippen LogP contribution in [0.15, 0.2) is 54.2 Å². The summed E-state index contributed by atoms with van der Waals surface area (Å²) in [6.07, 6.45) is 0.750. The summed E-state index contributed by atoms with van der Waals surface area (Å²) in [7, 11) is 0. The van der Waals surface area contributed by atoms with Crippen LogP contribution in [0.1, 0.15) is 40.0 Å². The molecular formula is C27H29F3N4OS. The molecule has 1 aliphatic carbocycles. The Balaban J connectivity index is 1.29. The monoisotopic (exact) mass is 514 g/mol. The fraction of sp³-hybridized carbons (Fsp3) is 0.407. The summed E-state index contributed by atoms with van der Waals surface area (Å²) in [5.41, 5.74) is 4.46. The smallest absolute Gasteiger partial charge is 0.376 e. The van der Waals surface area contributed by atoms with Gasteiger partial charge in [0.15, 0.2) is 0 Å². The molecule has 1 N–H and O–H groups in total. The average Bonchev–Trinajstić information content (AvgIpc) is 3.52. The summed E-state index contributed by atoms with van der Waals surface area (Å²) in [5.74, 6) is 0.585. The summed E-state index contributed by atoms with van der Waals surface area (Å²) in [6.45, 7) is 3.16. The number of halogens is 3. The lowest BCUT2D eigenvalue weighted by Gasteiger charge is -2.30. The number of thiazole rings is 1. The molecule has 1 saturated carbocycles. The summed E-state index contributed by atoms with van der Waals surface area (Å²) >= 11 is 1.38. The first-order chi connectivity index (χ1) is 17.4. The number of nitrogens with zero attached hydrogens (tertiary/aromatic N) is 3. The molecule has 0 atom stereocenters. The molecule has 0 bridgehead atoms. The predicted octanol–water partition coefficient (Wildman–Crippen LogP) is 5.57. The number of fused-ring (bicyclic) bond motifs is 1. The van der Waals surface area contributed by atoms with Crippen molar-refractivity contribution < 1.29 is 18.0 Å². The first kappa shape index (κ1) is 24.8. The molecule has 36 heavy (non-hydrogen) atoms. The van der Waals surface area contributed by atoms with E-state index in [1.54, 1.807) is 17.8 Å². The molecule has 5 nitrogen and oxygen atoms in total. The van der Waals surface area contributed by atoms with Crippen LogP contribution in [0.2, 0.25) is 0 Å². The summed E-state index contributed by atoms with van der Waals surface area (Å²) in [6, 6.07) is 11.6. The SMILES string of the molecule is O=C(CNc1cccc2c1CCN(CC1CC1)C2)N(Cc1cncs1)Cc1ccccc1C(F)(F)F. The van der Waals surface area contributed by atoms with Crippen LogP contribution < -0.4 is 5.32 Å². The number of alkyl halides is 3. The highest BCUT2D eigenvalue weighted by Gasteiger charge is 2.34. The molecule has 5 rings (SSSR count). The fourth-order valence-electron chi connectivity index (χ4n) is 4.82. The number of hydrogen-bond donors (Lipinski definition) is 1. The number of carbonyl (C=O) groups excluding carboxylic acids is 1. The zero-order chi connectivity index (χ0) is 25.1. The van der Waals surface area contributed by atoms with Gasteiger partial charge in [0.1, 0.15) is 0 Å². The normalized spacial score (nSPS) is 16.0. The van der Waals surface area contributed by atoms with Gasteiger partial charge in [-0.3, -0.25) is 14.7 Å². The van der Waals surface area contributed by atoms with Gasteiger partial charge in [-0.2, -0.15) is 13.2 Å². The Bertz CT molecular complexity index is 1190. The van der Waals surface area contributed by atoms with Gasteiger partial charge in [-0.15, -0.1) is 11.3 Å². The van der Waals surface area contributed by atoms with Crippen molar-refractivity contribution in [3.63, 3.8) is 0 Å². The van der Waals surface area contributed by atoms with Crippen LogP contribution in [0, 0.1) is 5.92 Å². The molecule has 2 heterocycles. The van der Waals surface area contributed by atoms with Crippen LogP contribution in [-0.2, 0) is 37.0 Å². The number of anilines is 1. The molecule has 2 aliphatic rings. The zero-order valence-electron chi connectivity index (χ0n) is 19.9. The van der Waals surface area contributed by atoms with E-state index in [1.807, 2.05) is 12.1 Å². The molecular weight excluding hydrogens is 485 g/mol. The van der Waals surface area contributed by atoms with E-state index in [2.05, 4.69) is 21.3 Å². The van der Waals surface area contributed by atoms with Gasteiger partial charge in [0, 0.05) is 42.9 Å². The first-order valence-electron chi connectivity index (χ1n) is 12.2. The van der Waals surface area contributed by atoms with E-state index in [4.69, 9.17) is 0 Å². The largest absolute Gasteiger partial charge is 0.416 e. The van der Waals surface area contributed by atoms with Crippen molar-refractivity contribution in [1.82, 2.24) is 14.8 Å². The maximum absolute atomic E-state index is 13.6. The number of nitrogens with one attached hydrogen (secondary N) is 1. The van der Waals surface area contributed by atoms with Gasteiger partial charge in [-0.1, -0.05) is 30.3 Å². The van der Waals surface area contributed by atoms with Crippen molar-refractivity contribution in [1.29, 1.82) is 0 Å². The van der Waals surface area contributed by atoms with E-state index in [0.29, 0.717) is 0 Å².